The highest BCUT2D eigenvalue weighted by Crippen LogP contribution is 2.36. The molecule has 0 aromatic heterocycles. The van der Waals surface area contributed by atoms with Crippen molar-refractivity contribution >= 4 is 38.9 Å². The predicted octanol–water partition coefficient (Wildman–Crippen LogP) is 2.77. The number of nitrogen functional groups attached to an aromatic ring is 1. The van der Waals surface area contributed by atoms with Crippen LogP contribution in [0.4, 0.5) is 5.69 Å². The molecule has 118 valence electrons. The van der Waals surface area contributed by atoms with Crippen molar-refractivity contribution in [3.05, 3.63) is 22.2 Å². The van der Waals surface area contributed by atoms with Crippen LogP contribution in [0.15, 0.2) is 17.0 Å². The number of piperidine rings is 1. The van der Waals surface area contributed by atoms with Crippen molar-refractivity contribution in [3.8, 4) is 0 Å². The molecule has 1 atom stereocenters. The van der Waals surface area contributed by atoms with Gasteiger partial charge in [-0.2, -0.15) is 4.31 Å². The second-order valence-electron chi connectivity index (χ2n) is 5.41. The van der Waals surface area contributed by atoms with Crippen LogP contribution in [0.3, 0.4) is 0 Å². The monoisotopic (exact) mass is 352 g/mol. The summed E-state index contributed by atoms with van der Waals surface area (Å²) in [6, 6.07) is 2.78. The Bertz CT molecular complexity index is 628. The van der Waals surface area contributed by atoms with Crippen LogP contribution in [0.5, 0.6) is 0 Å². The number of ether oxygens (including phenoxy) is 1. The molecule has 0 amide bonds. The average molecular weight is 353 g/mol. The van der Waals surface area contributed by atoms with Gasteiger partial charge < -0.3 is 10.5 Å². The summed E-state index contributed by atoms with van der Waals surface area (Å²) in [5, 5.41) is 0.0642. The highest BCUT2D eigenvalue weighted by molar-refractivity contribution is 7.89. The molecule has 2 N–H and O–H groups in total. The number of anilines is 1. The van der Waals surface area contributed by atoms with E-state index in [2.05, 4.69) is 0 Å². The minimum absolute atomic E-state index is 0.0321. The summed E-state index contributed by atoms with van der Waals surface area (Å²) in [6.07, 6.45) is 1.52. The molecule has 1 aromatic rings. The summed E-state index contributed by atoms with van der Waals surface area (Å²) in [5.74, 6) is 0. The van der Waals surface area contributed by atoms with Crippen molar-refractivity contribution in [2.24, 2.45) is 0 Å². The van der Waals surface area contributed by atoms with E-state index < -0.39 is 15.6 Å². The van der Waals surface area contributed by atoms with Crippen molar-refractivity contribution in [1.29, 1.82) is 0 Å². The number of benzene rings is 1. The number of nitrogens with two attached hydrogens (primary N) is 1. The van der Waals surface area contributed by atoms with E-state index in [1.807, 2.05) is 6.92 Å². The maximum Gasteiger partial charge on any atom is 0.246 e. The molecule has 1 aliphatic rings. The molecule has 8 heteroatoms. The van der Waals surface area contributed by atoms with Gasteiger partial charge in [0.05, 0.1) is 15.6 Å². The van der Waals surface area contributed by atoms with Crippen LogP contribution in [0.1, 0.15) is 19.8 Å². The minimum atomic E-state index is -3.79. The first-order valence-corrected chi connectivity index (χ1v) is 8.69. The number of sulfonamides is 1. The molecule has 2 rings (SSSR count). The van der Waals surface area contributed by atoms with E-state index in [0.717, 1.165) is 6.42 Å². The van der Waals surface area contributed by atoms with Crippen molar-refractivity contribution in [3.63, 3.8) is 0 Å². The average Bonchev–Trinajstić information content (AvgIpc) is 2.37. The van der Waals surface area contributed by atoms with Crippen LogP contribution in [-0.2, 0) is 14.8 Å². The predicted molar refractivity (Wildman–Crippen MR) is 84.3 cm³/mol. The summed E-state index contributed by atoms with van der Waals surface area (Å²) in [7, 11) is -2.20. The molecule has 0 saturated carbocycles. The quantitative estimate of drug-likeness (QED) is 0.848. The van der Waals surface area contributed by atoms with E-state index in [9.17, 15) is 8.42 Å². The molecule has 1 saturated heterocycles. The van der Waals surface area contributed by atoms with Crippen LogP contribution in [0, 0.1) is 0 Å². The Balaban J connectivity index is 2.43. The molecule has 1 fully saturated rings. The summed E-state index contributed by atoms with van der Waals surface area (Å²) in [6.45, 7) is 2.57. The van der Waals surface area contributed by atoms with E-state index in [4.69, 9.17) is 33.7 Å². The van der Waals surface area contributed by atoms with Gasteiger partial charge in [-0.25, -0.2) is 8.42 Å². The van der Waals surface area contributed by atoms with Crippen LogP contribution >= 0.6 is 23.2 Å². The van der Waals surface area contributed by atoms with Gasteiger partial charge in [-0.3, -0.25) is 0 Å². The van der Waals surface area contributed by atoms with Gasteiger partial charge in [-0.1, -0.05) is 23.2 Å². The van der Waals surface area contributed by atoms with E-state index in [1.54, 1.807) is 7.11 Å². The number of hydrogen-bond donors (Lipinski definition) is 1. The van der Waals surface area contributed by atoms with E-state index in [1.165, 1.54) is 16.4 Å². The first-order valence-electron chi connectivity index (χ1n) is 6.49. The van der Waals surface area contributed by atoms with Gasteiger partial charge in [-0.05, 0) is 31.9 Å². The third kappa shape index (κ3) is 3.29. The lowest BCUT2D eigenvalue weighted by Crippen LogP contribution is -2.49. The largest absolute Gasteiger partial charge is 0.399 e. The number of methoxy groups -OCH3 is 1. The molecular formula is C13H18Cl2N2O3S. The van der Waals surface area contributed by atoms with Crippen LogP contribution in [-0.4, -0.2) is 38.5 Å². The standard InChI is InChI=1S/C13H18Cl2N2O3S/c1-13(20-2)4-3-5-17(8-13)21(18,19)12-10(14)6-9(16)7-11(12)15/h6-7H,3-5,8,16H2,1-2H3. The van der Waals surface area contributed by atoms with Gasteiger partial charge in [0.15, 0.2) is 0 Å². The highest BCUT2D eigenvalue weighted by atomic mass is 35.5. The molecule has 21 heavy (non-hydrogen) atoms. The molecule has 0 aliphatic carbocycles. The highest BCUT2D eigenvalue weighted by Gasteiger charge is 2.38. The topological polar surface area (TPSA) is 72.6 Å². The van der Waals surface area contributed by atoms with Gasteiger partial charge in [0.25, 0.3) is 0 Å². The third-order valence-corrected chi connectivity index (χ3v) is 6.50. The van der Waals surface area contributed by atoms with Gasteiger partial charge >= 0.3 is 0 Å². The normalized spacial score (nSPS) is 24.2. The first kappa shape index (κ1) is 16.8. The SMILES string of the molecule is COC1(C)CCCN(S(=O)(=O)c2c(Cl)cc(N)cc2Cl)C1. The zero-order chi connectivity index (χ0) is 15.8. The Morgan fingerprint density at radius 3 is 2.43 bits per heavy atom. The number of hydrogen-bond acceptors (Lipinski definition) is 4. The smallest absolute Gasteiger partial charge is 0.246 e. The minimum Gasteiger partial charge on any atom is -0.399 e. The fourth-order valence-electron chi connectivity index (χ4n) is 2.49. The fraction of sp³-hybridized carbons (Fsp3) is 0.538. The lowest BCUT2D eigenvalue weighted by molar-refractivity contribution is -0.0319. The second-order valence-corrected chi connectivity index (χ2v) is 8.10. The van der Waals surface area contributed by atoms with Crippen LogP contribution < -0.4 is 5.73 Å². The van der Waals surface area contributed by atoms with Crippen molar-refractivity contribution in [2.75, 3.05) is 25.9 Å². The first-order chi connectivity index (χ1) is 9.69. The Labute approximate surface area is 135 Å². The van der Waals surface area contributed by atoms with Crippen LogP contribution in [0.25, 0.3) is 0 Å². The summed E-state index contributed by atoms with van der Waals surface area (Å²) in [5.41, 5.74) is 5.44. The Kier molecular flexibility index (Phi) is 4.75. The summed E-state index contributed by atoms with van der Waals surface area (Å²) in [4.78, 5) is -0.0969. The summed E-state index contributed by atoms with van der Waals surface area (Å²) >= 11 is 12.1. The molecule has 1 heterocycles. The molecule has 0 bridgehead atoms. The van der Waals surface area contributed by atoms with E-state index >= 15 is 0 Å². The zero-order valence-corrected chi connectivity index (χ0v) is 14.2. The molecule has 0 spiro atoms. The van der Waals surface area contributed by atoms with Crippen molar-refractivity contribution in [1.82, 2.24) is 4.31 Å². The van der Waals surface area contributed by atoms with Crippen molar-refractivity contribution < 1.29 is 13.2 Å². The molecule has 1 aromatic carbocycles. The number of halogens is 2. The maximum atomic E-state index is 12.8. The number of nitrogens with zero attached hydrogens (tertiary/aromatic N) is 1. The van der Waals surface area contributed by atoms with Gasteiger partial charge in [0.2, 0.25) is 10.0 Å². The number of rotatable bonds is 3. The van der Waals surface area contributed by atoms with E-state index in [-0.39, 0.29) is 21.5 Å². The second kappa shape index (κ2) is 5.93. The van der Waals surface area contributed by atoms with E-state index in [0.29, 0.717) is 18.7 Å². The lowest BCUT2D eigenvalue weighted by atomic mass is 9.96. The molecule has 1 unspecified atom stereocenters. The van der Waals surface area contributed by atoms with Gasteiger partial charge in [0, 0.05) is 25.9 Å². The molecule has 0 radical (unpaired) electrons. The Morgan fingerprint density at radius 1 is 1.33 bits per heavy atom. The van der Waals surface area contributed by atoms with Gasteiger partial charge in [-0.15, -0.1) is 0 Å². The van der Waals surface area contributed by atoms with Crippen LogP contribution in [0.2, 0.25) is 10.0 Å². The van der Waals surface area contributed by atoms with Gasteiger partial charge in [0.1, 0.15) is 4.90 Å². The fourth-order valence-corrected chi connectivity index (χ4v) is 5.26. The third-order valence-electron chi connectivity index (χ3n) is 3.74. The molecule has 1 aliphatic heterocycles. The Hall–Kier alpha value is -0.530. The summed E-state index contributed by atoms with van der Waals surface area (Å²) < 4.78 is 32.4. The zero-order valence-electron chi connectivity index (χ0n) is 11.9. The molecule has 5 nitrogen and oxygen atoms in total. The van der Waals surface area contributed by atoms with Crippen molar-refractivity contribution in [2.45, 2.75) is 30.3 Å². The molecular weight excluding hydrogens is 335 g/mol. The maximum absolute atomic E-state index is 12.8. The lowest BCUT2D eigenvalue weighted by Gasteiger charge is -2.38. The Morgan fingerprint density at radius 2 is 1.90 bits per heavy atom.